The molecule has 0 saturated carbocycles. The topological polar surface area (TPSA) is 16.4 Å². The van der Waals surface area contributed by atoms with Crippen LogP contribution in [0.15, 0.2) is 217 Å². The zero-order valence-electron chi connectivity index (χ0n) is 28.6. The third-order valence-electron chi connectivity index (χ3n) is 9.73. The summed E-state index contributed by atoms with van der Waals surface area (Å²) in [5.74, 6) is 0.880. The molecule has 246 valence electrons. The Morgan fingerprint density at radius 1 is 0.288 bits per heavy atom. The monoisotopic (exact) mass is 665 g/mol. The predicted octanol–water partition coefficient (Wildman–Crippen LogP) is 14.2. The van der Waals surface area contributed by atoms with Crippen molar-refractivity contribution in [2.45, 2.75) is 0 Å². The first-order valence-electron chi connectivity index (χ1n) is 17.7. The maximum Gasteiger partial charge on any atom is 0.143 e. The van der Waals surface area contributed by atoms with Crippen molar-refractivity contribution in [2.24, 2.45) is 0 Å². The third-order valence-corrected chi connectivity index (χ3v) is 9.73. The van der Waals surface area contributed by atoms with E-state index in [1.54, 1.807) is 0 Å². The van der Waals surface area contributed by atoms with Gasteiger partial charge in [-0.2, -0.15) is 0 Å². The molecule has 9 aromatic rings. The maximum absolute atomic E-state index is 6.65. The maximum atomic E-state index is 6.65. The Hall–Kier alpha value is -6.90. The van der Waals surface area contributed by atoms with Gasteiger partial charge in [-0.25, -0.2) is 0 Å². The zero-order valence-corrected chi connectivity index (χ0v) is 28.6. The van der Waals surface area contributed by atoms with E-state index in [4.69, 9.17) is 4.42 Å². The van der Waals surface area contributed by atoms with Crippen LogP contribution in [0.4, 0.5) is 17.1 Å². The summed E-state index contributed by atoms with van der Waals surface area (Å²) in [6.45, 7) is 0. The minimum atomic E-state index is 0.880. The molecule has 2 nitrogen and oxygen atoms in total. The van der Waals surface area contributed by atoms with Crippen molar-refractivity contribution in [3.05, 3.63) is 212 Å². The number of para-hydroxylation sites is 1. The van der Waals surface area contributed by atoms with Crippen molar-refractivity contribution in [2.75, 3.05) is 4.90 Å². The molecule has 8 aromatic carbocycles. The Kier molecular flexibility index (Phi) is 8.24. The van der Waals surface area contributed by atoms with Crippen LogP contribution in [0.5, 0.6) is 0 Å². The lowest BCUT2D eigenvalue weighted by Crippen LogP contribution is -2.09. The Morgan fingerprint density at radius 3 is 1.19 bits per heavy atom. The predicted molar refractivity (Wildman–Crippen MR) is 218 cm³/mol. The van der Waals surface area contributed by atoms with Gasteiger partial charge in [0.05, 0.1) is 0 Å². The highest BCUT2D eigenvalue weighted by atomic mass is 16.3. The molecule has 52 heavy (non-hydrogen) atoms. The second kappa shape index (κ2) is 13.8. The van der Waals surface area contributed by atoms with Crippen LogP contribution in [0.25, 0.3) is 66.8 Å². The quantitative estimate of drug-likeness (QED) is 0.161. The average molecular weight is 666 g/mol. The third kappa shape index (κ3) is 5.97. The van der Waals surface area contributed by atoms with Gasteiger partial charge < -0.3 is 9.32 Å². The van der Waals surface area contributed by atoms with E-state index in [1.165, 1.54) is 22.3 Å². The fraction of sp³-hybridized carbons (Fsp3) is 0. The molecular weight excluding hydrogens is 631 g/mol. The number of rotatable bonds is 8. The SMILES string of the molecule is c1ccc(-c2ccc(N(c3ccc(-c4ccccc4)cc3)c3ccc(-c4ccccc4-c4oc5ccccc5c4-c4ccccc4)cc3)cc2)cc1. The Bertz CT molecular complexity index is 2490. The summed E-state index contributed by atoms with van der Waals surface area (Å²) in [6.07, 6.45) is 0. The summed E-state index contributed by atoms with van der Waals surface area (Å²) >= 11 is 0. The van der Waals surface area contributed by atoms with Gasteiger partial charge in [-0.3, -0.25) is 0 Å². The normalized spacial score (nSPS) is 11.1. The summed E-state index contributed by atoms with van der Waals surface area (Å²) in [4.78, 5) is 2.33. The second-order valence-electron chi connectivity index (χ2n) is 12.9. The molecule has 2 heteroatoms. The van der Waals surface area contributed by atoms with E-state index in [1.807, 2.05) is 6.07 Å². The second-order valence-corrected chi connectivity index (χ2v) is 12.9. The minimum absolute atomic E-state index is 0.880. The first kappa shape index (κ1) is 31.1. The molecule has 0 fully saturated rings. The lowest BCUT2D eigenvalue weighted by Gasteiger charge is -2.26. The zero-order chi connectivity index (χ0) is 34.7. The van der Waals surface area contributed by atoms with Crippen molar-refractivity contribution >= 4 is 28.0 Å². The largest absolute Gasteiger partial charge is 0.455 e. The van der Waals surface area contributed by atoms with Crippen LogP contribution >= 0.6 is 0 Å². The molecule has 0 amide bonds. The molecule has 0 aliphatic rings. The van der Waals surface area contributed by atoms with E-state index >= 15 is 0 Å². The van der Waals surface area contributed by atoms with Gasteiger partial charge in [0.1, 0.15) is 11.3 Å². The molecule has 0 saturated heterocycles. The van der Waals surface area contributed by atoms with Crippen LogP contribution in [0.3, 0.4) is 0 Å². The average Bonchev–Trinajstić information content (AvgIpc) is 3.62. The smallest absolute Gasteiger partial charge is 0.143 e. The van der Waals surface area contributed by atoms with Crippen molar-refractivity contribution in [3.8, 4) is 55.8 Å². The first-order valence-corrected chi connectivity index (χ1v) is 17.7. The number of benzene rings is 8. The molecule has 1 aromatic heterocycles. The molecule has 1 heterocycles. The fourth-order valence-electron chi connectivity index (χ4n) is 7.16. The summed E-state index contributed by atoms with van der Waals surface area (Å²) in [6, 6.07) is 75.0. The van der Waals surface area contributed by atoms with Gasteiger partial charge in [0, 0.05) is 33.6 Å². The van der Waals surface area contributed by atoms with Gasteiger partial charge in [-0.1, -0.05) is 170 Å². The van der Waals surface area contributed by atoms with E-state index in [0.717, 1.165) is 61.6 Å². The molecular formula is C50H35NO. The molecule has 0 bridgehead atoms. The number of nitrogens with zero attached hydrogens (tertiary/aromatic N) is 1. The molecule has 0 atom stereocenters. The van der Waals surface area contributed by atoms with E-state index < -0.39 is 0 Å². The van der Waals surface area contributed by atoms with Crippen LogP contribution in [-0.4, -0.2) is 0 Å². The Labute approximate surface area is 304 Å². The van der Waals surface area contributed by atoms with Crippen molar-refractivity contribution in [1.82, 2.24) is 0 Å². The van der Waals surface area contributed by atoms with Gasteiger partial charge in [-0.05, 0) is 81.4 Å². The molecule has 0 spiro atoms. The lowest BCUT2D eigenvalue weighted by molar-refractivity contribution is 0.632. The highest BCUT2D eigenvalue weighted by molar-refractivity contribution is 6.03. The van der Waals surface area contributed by atoms with Crippen molar-refractivity contribution in [1.29, 1.82) is 0 Å². The highest BCUT2D eigenvalue weighted by Gasteiger charge is 2.21. The number of hydrogen-bond acceptors (Lipinski definition) is 2. The van der Waals surface area contributed by atoms with Crippen LogP contribution in [0, 0.1) is 0 Å². The lowest BCUT2D eigenvalue weighted by atomic mass is 9.93. The van der Waals surface area contributed by atoms with Gasteiger partial charge >= 0.3 is 0 Å². The Morgan fingerprint density at radius 2 is 0.673 bits per heavy atom. The number of hydrogen-bond donors (Lipinski definition) is 0. The summed E-state index contributed by atoms with van der Waals surface area (Å²) in [5.41, 5.74) is 14.5. The van der Waals surface area contributed by atoms with Crippen molar-refractivity contribution < 1.29 is 4.42 Å². The number of anilines is 3. The van der Waals surface area contributed by atoms with Crippen LogP contribution < -0.4 is 4.90 Å². The first-order chi connectivity index (χ1) is 25.8. The van der Waals surface area contributed by atoms with Gasteiger partial charge in [-0.15, -0.1) is 0 Å². The van der Waals surface area contributed by atoms with Crippen LogP contribution in [-0.2, 0) is 0 Å². The summed E-state index contributed by atoms with van der Waals surface area (Å²) in [5, 5.41) is 1.11. The molecule has 0 N–H and O–H groups in total. The molecule has 0 aliphatic heterocycles. The summed E-state index contributed by atoms with van der Waals surface area (Å²) in [7, 11) is 0. The Balaban J connectivity index is 1.12. The standard InChI is InChI=1S/C50H35NO/c1-4-14-36(15-5-1)38-24-30-42(31-25-38)51(43-32-26-39(27-33-43)37-16-6-2-7-17-37)44-34-28-40(29-35-44)45-20-10-11-21-46(45)50-49(41-18-8-3-9-19-41)47-22-12-13-23-48(47)52-50/h1-35H. The van der Waals surface area contributed by atoms with Gasteiger partial charge in [0.15, 0.2) is 0 Å². The number of fused-ring (bicyclic) bond motifs is 1. The van der Waals surface area contributed by atoms with Gasteiger partial charge in [0.2, 0.25) is 0 Å². The molecule has 9 rings (SSSR count). The van der Waals surface area contributed by atoms with E-state index in [2.05, 4.69) is 211 Å². The van der Waals surface area contributed by atoms with Crippen LogP contribution in [0.1, 0.15) is 0 Å². The van der Waals surface area contributed by atoms with Crippen molar-refractivity contribution in [3.63, 3.8) is 0 Å². The number of furan rings is 1. The molecule has 0 unspecified atom stereocenters. The minimum Gasteiger partial charge on any atom is -0.455 e. The highest BCUT2D eigenvalue weighted by Crippen LogP contribution is 2.45. The van der Waals surface area contributed by atoms with Crippen LogP contribution in [0.2, 0.25) is 0 Å². The molecule has 0 radical (unpaired) electrons. The summed E-state index contributed by atoms with van der Waals surface area (Å²) < 4.78 is 6.65. The molecule has 0 aliphatic carbocycles. The van der Waals surface area contributed by atoms with E-state index in [9.17, 15) is 0 Å². The van der Waals surface area contributed by atoms with E-state index in [0.29, 0.717) is 0 Å². The van der Waals surface area contributed by atoms with Gasteiger partial charge in [0.25, 0.3) is 0 Å². The fourth-order valence-corrected chi connectivity index (χ4v) is 7.16. The van der Waals surface area contributed by atoms with E-state index in [-0.39, 0.29) is 0 Å².